The molecule has 0 radical (unpaired) electrons. The Labute approximate surface area is 107 Å². The highest BCUT2D eigenvalue weighted by atomic mass is 32.2. The van der Waals surface area contributed by atoms with Crippen LogP contribution in [0.15, 0.2) is 53.7 Å². The number of hydrogen-bond acceptors (Lipinski definition) is 3. The van der Waals surface area contributed by atoms with E-state index in [4.69, 9.17) is 0 Å². The predicted octanol–water partition coefficient (Wildman–Crippen LogP) is 2.22. The molecular formula is C13H14N2O2S. The van der Waals surface area contributed by atoms with Crippen LogP contribution in [0.5, 0.6) is 0 Å². The summed E-state index contributed by atoms with van der Waals surface area (Å²) in [5.41, 5.74) is 1.57. The van der Waals surface area contributed by atoms with Gasteiger partial charge < -0.3 is 0 Å². The van der Waals surface area contributed by atoms with E-state index >= 15 is 0 Å². The second-order valence-electron chi connectivity index (χ2n) is 4.00. The van der Waals surface area contributed by atoms with Crippen LogP contribution in [-0.4, -0.2) is 20.4 Å². The fourth-order valence-corrected chi connectivity index (χ4v) is 2.73. The van der Waals surface area contributed by atoms with Crippen LogP contribution in [0.4, 0.5) is 5.69 Å². The summed E-state index contributed by atoms with van der Waals surface area (Å²) < 4.78 is 25.9. The highest BCUT2D eigenvalue weighted by molar-refractivity contribution is 7.92. The quantitative estimate of drug-likeness (QED) is 0.852. The minimum absolute atomic E-state index is 0.277. The number of aromatic nitrogens is 1. The van der Waals surface area contributed by atoms with E-state index in [1.165, 1.54) is 17.5 Å². The summed E-state index contributed by atoms with van der Waals surface area (Å²) >= 11 is 0. The molecule has 0 bridgehead atoms. The van der Waals surface area contributed by atoms with Crippen molar-refractivity contribution >= 4 is 15.7 Å². The molecule has 18 heavy (non-hydrogen) atoms. The molecule has 0 saturated heterocycles. The molecule has 2 aromatic rings. The first-order chi connectivity index (χ1) is 8.51. The van der Waals surface area contributed by atoms with Crippen molar-refractivity contribution in [2.24, 2.45) is 0 Å². The Morgan fingerprint density at radius 2 is 1.78 bits per heavy atom. The number of pyridine rings is 1. The summed E-state index contributed by atoms with van der Waals surface area (Å²) in [6.45, 7) is 1.92. The molecule has 0 aliphatic carbocycles. The minimum atomic E-state index is -3.52. The number of nitrogens with zero attached hydrogens (tertiary/aromatic N) is 2. The van der Waals surface area contributed by atoms with Gasteiger partial charge in [0.2, 0.25) is 0 Å². The van der Waals surface area contributed by atoms with Crippen molar-refractivity contribution in [3.8, 4) is 0 Å². The largest absolute Gasteiger partial charge is 0.268 e. The summed E-state index contributed by atoms with van der Waals surface area (Å²) in [4.78, 5) is 4.20. The minimum Gasteiger partial charge on any atom is -0.268 e. The molecule has 0 spiro atoms. The van der Waals surface area contributed by atoms with Gasteiger partial charge in [0, 0.05) is 13.2 Å². The van der Waals surface area contributed by atoms with Gasteiger partial charge in [-0.15, -0.1) is 0 Å². The molecule has 0 fully saturated rings. The smallest absolute Gasteiger partial charge is 0.264 e. The second-order valence-corrected chi connectivity index (χ2v) is 5.97. The van der Waals surface area contributed by atoms with Gasteiger partial charge >= 0.3 is 0 Å². The fraction of sp³-hybridized carbons (Fsp3) is 0.154. The Hall–Kier alpha value is -1.88. The molecule has 0 aliphatic rings. The molecule has 1 aromatic heterocycles. The monoisotopic (exact) mass is 262 g/mol. The number of hydrogen-bond donors (Lipinski definition) is 0. The normalized spacial score (nSPS) is 11.2. The van der Waals surface area contributed by atoms with Crippen LogP contribution in [0.25, 0.3) is 0 Å². The highest BCUT2D eigenvalue weighted by Gasteiger charge is 2.20. The third kappa shape index (κ3) is 2.36. The van der Waals surface area contributed by atoms with Gasteiger partial charge in [0.25, 0.3) is 10.0 Å². The third-order valence-electron chi connectivity index (χ3n) is 2.69. The lowest BCUT2D eigenvalue weighted by Gasteiger charge is -2.18. The Morgan fingerprint density at radius 3 is 2.33 bits per heavy atom. The molecule has 1 heterocycles. The zero-order chi connectivity index (χ0) is 13.2. The molecular weight excluding hydrogens is 248 g/mol. The Balaban J connectivity index is 2.40. The molecule has 4 nitrogen and oxygen atoms in total. The zero-order valence-corrected chi connectivity index (χ0v) is 11.1. The van der Waals surface area contributed by atoms with Gasteiger partial charge in [-0.2, -0.15) is 0 Å². The van der Waals surface area contributed by atoms with E-state index in [9.17, 15) is 8.42 Å². The summed E-state index contributed by atoms with van der Waals surface area (Å²) in [5, 5.41) is 0. The molecule has 0 unspecified atom stereocenters. The van der Waals surface area contributed by atoms with Crippen molar-refractivity contribution in [3.05, 3.63) is 54.4 Å². The Bertz CT molecular complexity index is 622. The molecule has 5 heteroatoms. The lowest BCUT2D eigenvalue weighted by Crippen LogP contribution is -2.26. The first-order valence-corrected chi connectivity index (χ1v) is 6.91. The van der Waals surface area contributed by atoms with Crippen molar-refractivity contribution in [1.82, 2.24) is 4.98 Å². The van der Waals surface area contributed by atoms with Gasteiger partial charge in [0.15, 0.2) is 0 Å². The van der Waals surface area contributed by atoms with Crippen molar-refractivity contribution in [1.29, 1.82) is 0 Å². The second kappa shape index (κ2) is 4.78. The zero-order valence-electron chi connectivity index (χ0n) is 10.2. The summed E-state index contributed by atoms with van der Waals surface area (Å²) in [7, 11) is -2.00. The average molecular weight is 262 g/mol. The molecule has 2 rings (SSSR count). The highest BCUT2D eigenvalue weighted by Crippen LogP contribution is 2.20. The molecule has 0 amide bonds. The summed E-state index contributed by atoms with van der Waals surface area (Å²) in [6, 6.07) is 10.2. The average Bonchev–Trinajstić information content (AvgIpc) is 2.39. The fourth-order valence-electron chi connectivity index (χ4n) is 1.55. The van der Waals surface area contributed by atoms with Crippen molar-refractivity contribution in [2.75, 3.05) is 11.4 Å². The number of sulfonamides is 1. The third-order valence-corrected chi connectivity index (χ3v) is 4.49. The van der Waals surface area contributed by atoms with E-state index in [-0.39, 0.29) is 4.90 Å². The van der Waals surface area contributed by atoms with Crippen LogP contribution >= 0.6 is 0 Å². The molecule has 94 valence electrons. The Morgan fingerprint density at radius 1 is 1.11 bits per heavy atom. The van der Waals surface area contributed by atoms with Crippen LogP contribution < -0.4 is 4.31 Å². The standard InChI is InChI=1S/C13H14N2O2S/c1-11-5-7-13(8-6-11)18(16,17)15(2)12-4-3-9-14-10-12/h3-10H,1-2H3. The van der Waals surface area contributed by atoms with Gasteiger partial charge in [-0.1, -0.05) is 17.7 Å². The molecule has 0 atom stereocenters. The molecule has 1 aromatic carbocycles. The number of aryl methyl sites for hydroxylation is 1. The SMILES string of the molecule is Cc1ccc(S(=O)(=O)N(C)c2cccnc2)cc1. The van der Waals surface area contributed by atoms with Crippen molar-refractivity contribution < 1.29 is 8.42 Å². The van der Waals surface area contributed by atoms with Gasteiger partial charge in [-0.05, 0) is 31.2 Å². The van der Waals surface area contributed by atoms with Crippen LogP contribution in [0.2, 0.25) is 0 Å². The molecule has 0 saturated carbocycles. The van der Waals surface area contributed by atoms with E-state index in [2.05, 4.69) is 4.98 Å². The predicted molar refractivity (Wildman–Crippen MR) is 71.0 cm³/mol. The van der Waals surface area contributed by atoms with Gasteiger partial charge in [-0.3, -0.25) is 9.29 Å². The van der Waals surface area contributed by atoms with Crippen molar-refractivity contribution in [2.45, 2.75) is 11.8 Å². The van der Waals surface area contributed by atoms with E-state index in [1.54, 1.807) is 42.6 Å². The summed E-state index contributed by atoms with van der Waals surface area (Å²) in [5.74, 6) is 0. The maximum Gasteiger partial charge on any atom is 0.264 e. The molecule has 0 N–H and O–H groups in total. The van der Waals surface area contributed by atoms with E-state index in [1.807, 2.05) is 6.92 Å². The van der Waals surface area contributed by atoms with E-state index in [0.29, 0.717) is 5.69 Å². The maximum absolute atomic E-state index is 12.3. The van der Waals surface area contributed by atoms with Gasteiger partial charge in [-0.25, -0.2) is 8.42 Å². The first kappa shape index (κ1) is 12.6. The van der Waals surface area contributed by atoms with Crippen LogP contribution in [0.1, 0.15) is 5.56 Å². The van der Waals surface area contributed by atoms with E-state index in [0.717, 1.165) is 5.56 Å². The number of benzene rings is 1. The van der Waals surface area contributed by atoms with Crippen LogP contribution in [0.3, 0.4) is 0 Å². The Kier molecular flexibility index (Phi) is 3.34. The van der Waals surface area contributed by atoms with Crippen LogP contribution in [0, 0.1) is 6.92 Å². The van der Waals surface area contributed by atoms with E-state index < -0.39 is 10.0 Å². The van der Waals surface area contributed by atoms with Crippen LogP contribution in [-0.2, 0) is 10.0 Å². The number of anilines is 1. The van der Waals surface area contributed by atoms with Gasteiger partial charge in [0.1, 0.15) is 0 Å². The topological polar surface area (TPSA) is 50.3 Å². The summed E-state index contributed by atoms with van der Waals surface area (Å²) in [6.07, 6.45) is 3.13. The van der Waals surface area contributed by atoms with Gasteiger partial charge in [0.05, 0.1) is 16.8 Å². The lowest BCUT2D eigenvalue weighted by molar-refractivity contribution is 0.594. The first-order valence-electron chi connectivity index (χ1n) is 5.47. The number of rotatable bonds is 3. The maximum atomic E-state index is 12.3. The lowest BCUT2D eigenvalue weighted by atomic mass is 10.2. The van der Waals surface area contributed by atoms with Crippen molar-refractivity contribution in [3.63, 3.8) is 0 Å². The molecule has 0 aliphatic heterocycles.